The Labute approximate surface area is 164 Å². The summed E-state index contributed by atoms with van der Waals surface area (Å²) >= 11 is 0. The molecule has 0 radical (unpaired) electrons. The van der Waals surface area contributed by atoms with Gasteiger partial charge in [-0.05, 0) is 31.0 Å². The maximum absolute atomic E-state index is 13.9. The minimum atomic E-state index is -4.16. The molecule has 0 N–H and O–H groups in total. The molecule has 1 aromatic rings. The lowest BCUT2D eigenvalue weighted by Crippen LogP contribution is -2.46. The molecule has 0 unspecified atom stereocenters. The second kappa shape index (κ2) is 10.2. The van der Waals surface area contributed by atoms with Crippen LogP contribution in [0.25, 0.3) is 0 Å². The van der Waals surface area contributed by atoms with Crippen LogP contribution in [-0.4, -0.2) is 77.1 Å². The molecule has 1 aliphatic rings. The van der Waals surface area contributed by atoms with Gasteiger partial charge < -0.3 is 14.4 Å². The number of carbonyl (C=O) groups excluding carboxylic acids is 1. The molecule has 158 valence electrons. The van der Waals surface area contributed by atoms with Gasteiger partial charge in [-0.25, -0.2) is 17.2 Å². The highest BCUT2D eigenvalue weighted by atomic mass is 32.2. The molecule has 0 spiro atoms. The topological polar surface area (TPSA) is 76.2 Å². The van der Waals surface area contributed by atoms with E-state index in [-0.39, 0.29) is 24.9 Å². The van der Waals surface area contributed by atoms with Crippen LogP contribution in [-0.2, 0) is 24.3 Å². The lowest BCUT2D eigenvalue weighted by atomic mass is 9.96. The monoisotopic (exact) mass is 420 g/mol. The first kappa shape index (κ1) is 22.7. The molecule has 1 amide bonds. The molecule has 2 rings (SSSR count). The molecule has 0 bridgehead atoms. The molecule has 0 atom stereocenters. The van der Waals surface area contributed by atoms with Crippen molar-refractivity contribution in [2.75, 3.05) is 53.6 Å². The van der Waals surface area contributed by atoms with Crippen LogP contribution in [0, 0.1) is 17.6 Å². The molecule has 0 aromatic heterocycles. The van der Waals surface area contributed by atoms with Crippen molar-refractivity contribution in [3.8, 4) is 0 Å². The average molecular weight is 420 g/mol. The third kappa shape index (κ3) is 5.47. The zero-order valence-corrected chi connectivity index (χ0v) is 16.9. The van der Waals surface area contributed by atoms with Gasteiger partial charge >= 0.3 is 0 Å². The highest BCUT2D eigenvalue weighted by molar-refractivity contribution is 7.89. The summed E-state index contributed by atoms with van der Waals surface area (Å²) < 4.78 is 63.8. The first-order valence-electron chi connectivity index (χ1n) is 9.03. The maximum atomic E-state index is 13.9. The number of rotatable bonds is 9. The smallest absolute Gasteiger partial charge is 0.246 e. The van der Waals surface area contributed by atoms with Crippen LogP contribution in [0.3, 0.4) is 0 Å². The summed E-state index contributed by atoms with van der Waals surface area (Å²) in [7, 11) is -1.06. The van der Waals surface area contributed by atoms with Crippen LogP contribution >= 0.6 is 0 Å². The standard InChI is InChI=1S/C18H26F2N2O5S/c1-26-11-9-21(10-12-27-2)18(23)14-5-7-22(8-6-14)28(24,25)17-13-15(19)3-4-16(17)20/h3-4,13-14H,5-12H2,1-2H3. The average Bonchev–Trinajstić information content (AvgIpc) is 2.69. The van der Waals surface area contributed by atoms with Gasteiger partial charge in [0.05, 0.1) is 13.2 Å². The number of ether oxygens (including phenoxy) is 2. The Morgan fingerprint density at radius 2 is 1.71 bits per heavy atom. The van der Waals surface area contributed by atoms with Crippen molar-refractivity contribution in [3.05, 3.63) is 29.8 Å². The van der Waals surface area contributed by atoms with Crippen LogP contribution in [0.4, 0.5) is 8.78 Å². The summed E-state index contributed by atoms with van der Waals surface area (Å²) in [5.41, 5.74) is 0. The number of halogens is 2. The van der Waals surface area contributed by atoms with Crippen molar-refractivity contribution in [1.82, 2.24) is 9.21 Å². The molecule has 7 nitrogen and oxygen atoms in total. The summed E-state index contributed by atoms with van der Waals surface area (Å²) in [5, 5.41) is 0. The number of benzene rings is 1. The minimum absolute atomic E-state index is 0.0666. The molecular formula is C18H26F2N2O5S. The van der Waals surface area contributed by atoms with Gasteiger partial charge in [-0.1, -0.05) is 0 Å². The van der Waals surface area contributed by atoms with Gasteiger partial charge in [0.2, 0.25) is 15.9 Å². The number of piperidine rings is 1. The Kier molecular flexibility index (Phi) is 8.29. The van der Waals surface area contributed by atoms with Gasteiger partial charge in [0.1, 0.15) is 16.5 Å². The van der Waals surface area contributed by atoms with E-state index in [1.165, 1.54) is 0 Å². The fourth-order valence-electron chi connectivity index (χ4n) is 3.15. The van der Waals surface area contributed by atoms with Crippen LogP contribution < -0.4 is 0 Å². The van der Waals surface area contributed by atoms with Gasteiger partial charge in [-0.2, -0.15) is 4.31 Å². The fourth-order valence-corrected chi connectivity index (χ4v) is 4.70. The molecule has 1 fully saturated rings. The Balaban J connectivity index is 2.04. The number of hydrogen-bond donors (Lipinski definition) is 0. The number of carbonyl (C=O) groups is 1. The SMILES string of the molecule is COCCN(CCOC)C(=O)C1CCN(S(=O)(=O)c2cc(F)ccc2F)CC1. The van der Waals surface area contributed by atoms with E-state index >= 15 is 0 Å². The highest BCUT2D eigenvalue weighted by Crippen LogP contribution is 2.27. The molecule has 10 heteroatoms. The molecule has 28 heavy (non-hydrogen) atoms. The molecule has 1 aromatic carbocycles. The van der Waals surface area contributed by atoms with Crippen LogP contribution in [0.15, 0.2) is 23.1 Å². The number of hydrogen-bond acceptors (Lipinski definition) is 5. The predicted molar refractivity (Wildman–Crippen MR) is 98.2 cm³/mol. The number of sulfonamides is 1. The Hall–Kier alpha value is -1.62. The quantitative estimate of drug-likeness (QED) is 0.605. The van der Waals surface area contributed by atoms with E-state index in [0.29, 0.717) is 45.2 Å². The van der Waals surface area contributed by atoms with E-state index in [9.17, 15) is 22.0 Å². The fraction of sp³-hybridized carbons (Fsp3) is 0.611. The second-order valence-electron chi connectivity index (χ2n) is 6.56. The van der Waals surface area contributed by atoms with Crippen molar-refractivity contribution < 1.29 is 31.5 Å². The van der Waals surface area contributed by atoms with Crippen molar-refractivity contribution in [2.45, 2.75) is 17.7 Å². The molecule has 1 aliphatic heterocycles. The summed E-state index contributed by atoms with van der Waals surface area (Å²) in [6.45, 7) is 1.76. The van der Waals surface area contributed by atoms with Crippen LogP contribution in [0.1, 0.15) is 12.8 Å². The predicted octanol–water partition coefficient (Wildman–Crippen LogP) is 1.49. The maximum Gasteiger partial charge on any atom is 0.246 e. The Morgan fingerprint density at radius 1 is 1.14 bits per heavy atom. The largest absolute Gasteiger partial charge is 0.383 e. The molecule has 1 saturated heterocycles. The van der Waals surface area contributed by atoms with Gasteiger partial charge in [0.25, 0.3) is 0 Å². The van der Waals surface area contributed by atoms with Crippen LogP contribution in [0.2, 0.25) is 0 Å². The third-order valence-corrected chi connectivity index (χ3v) is 6.67. The summed E-state index contributed by atoms with van der Waals surface area (Å²) in [6, 6.07) is 2.34. The lowest BCUT2D eigenvalue weighted by molar-refractivity contribution is -0.138. The summed E-state index contributed by atoms with van der Waals surface area (Å²) in [4.78, 5) is 13.7. The molecule has 0 saturated carbocycles. The number of methoxy groups -OCH3 is 2. The second-order valence-corrected chi connectivity index (χ2v) is 8.47. The van der Waals surface area contributed by atoms with Gasteiger partial charge in [0.15, 0.2) is 0 Å². The summed E-state index contributed by atoms with van der Waals surface area (Å²) in [6.07, 6.45) is 0.622. The van der Waals surface area contributed by atoms with Crippen LogP contribution in [0.5, 0.6) is 0 Å². The molecule has 0 aliphatic carbocycles. The van der Waals surface area contributed by atoms with E-state index in [2.05, 4.69) is 0 Å². The zero-order chi connectivity index (χ0) is 20.7. The lowest BCUT2D eigenvalue weighted by Gasteiger charge is -2.33. The van der Waals surface area contributed by atoms with E-state index in [4.69, 9.17) is 9.47 Å². The van der Waals surface area contributed by atoms with Gasteiger partial charge in [-0.15, -0.1) is 0 Å². The van der Waals surface area contributed by atoms with Crippen molar-refractivity contribution in [3.63, 3.8) is 0 Å². The first-order valence-corrected chi connectivity index (χ1v) is 10.5. The van der Waals surface area contributed by atoms with E-state index < -0.39 is 26.6 Å². The number of amides is 1. The van der Waals surface area contributed by atoms with Crippen molar-refractivity contribution >= 4 is 15.9 Å². The third-order valence-electron chi connectivity index (χ3n) is 4.76. The Morgan fingerprint density at radius 3 is 2.25 bits per heavy atom. The molecular weight excluding hydrogens is 394 g/mol. The zero-order valence-electron chi connectivity index (χ0n) is 16.1. The summed E-state index contributed by atoms with van der Waals surface area (Å²) in [5.74, 6) is -2.23. The van der Waals surface area contributed by atoms with E-state index in [1.54, 1.807) is 19.1 Å². The van der Waals surface area contributed by atoms with Gasteiger partial charge in [0, 0.05) is 46.3 Å². The van der Waals surface area contributed by atoms with Gasteiger partial charge in [-0.3, -0.25) is 4.79 Å². The first-order chi connectivity index (χ1) is 13.3. The van der Waals surface area contributed by atoms with Crippen molar-refractivity contribution in [2.24, 2.45) is 5.92 Å². The number of nitrogens with zero attached hydrogens (tertiary/aromatic N) is 2. The van der Waals surface area contributed by atoms with E-state index in [1.807, 2.05) is 0 Å². The van der Waals surface area contributed by atoms with E-state index in [0.717, 1.165) is 16.4 Å². The minimum Gasteiger partial charge on any atom is -0.383 e. The van der Waals surface area contributed by atoms with Crippen molar-refractivity contribution in [1.29, 1.82) is 0 Å². The highest BCUT2D eigenvalue weighted by Gasteiger charge is 2.35. The Bertz CT molecular complexity index is 759. The normalized spacial score (nSPS) is 16.3. The molecule has 1 heterocycles.